The van der Waals surface area contributed by atoms with E-state index in [2.05, 4.69) is 20.4 Å². The topological polar surface area (TPSA) is 91.2 Å². The Balaban J connectivity index is 1.46. The molecule has 0 spiro atoms. The summed E-state index contributed by atoms with van der Waals surface area (Å²) in [5.74, 6) is 1.32. The summed E-state index contributed by atoms with van der Waals surface area (Å²) < 4.78 is 13.0. The minimum Gasteiger partial charge on any atom is -0.485 e. The monoisotopic (exact) mass is 365 g/mol. The van der Waals surface area contributed by atoms with Crippen LogP contribution in [-0.4, -0.2) is 38.4 Å². The molecule has 0 fully saturated rings. The maximum absolute atomic E-state index is 12.4. The first-order valence-electron chi connectivity index (χ1n) is 8.57. The van der Waals surface area contributed by atoms with Gasteiger partial charge in [0.2, 0.25) is 6.10 Å². The van der Waals surface area contributed by atoms with Crippen molar-refractivity contribution in [1.29, 1.82) is 0 Å². The van der Waals surface area contributed by atoms with Gasteiger partial charge in [-0.25, -0.2) is 14.6 Å². The number of aryl methyl sites for hydroxylation is 1. The molecule has 138 valence electrons. The van der Waals surface area contributed by atoms with E-state index in [-0.39, 0.29) is 12.5 Å². The lowest BCUT2D eigenvalue weighted by molar-refractivity contribution is -0.125. The number of hydrogen-bond acceptors (Lipinski definition) is 6. The summed E-state index contributed by atoms with van der Waals surface area (Å²) in [5, 5.41) is 7.19. The quantitative estimate of drug-likeness (QED) is 0.766. The van der Waals surface area contributed by atoms with Crippen LogP contribution in [-0.2, 0) is 4.79 Å². The third-order valence-electron chi connectivity index (χ3n) is 4.55. The molecule has 0 bridgehead atoms. The zero-order valence-electron chi connectivity index (χ0n) is 15.3. The Hall–Kier alpha value is -3.42. The van der Waals surface area contributed by atoms with Crippen molar-refractivity contribution >= 4 is 11.6 Å². The number of carbonyl (C=O) groups is 1. The van der Waals surface area contributed by atoms with Gasteiger partial charge in [0.15, 0.2) is 11.5 Å². The molecule has 3 heterocycles. The van der Waals surface area contributed by atoms with Crippen LogP contribution in [0.5, 0.6) is 11.5 Å². The molecule has 1 aromatic carbocycles. The summed E-state index contributed by atoms with van der Waals surface area (Å²) in [7, 11) is 0. The summed E-state index contributed by atoms with van der Waals surface area (Å²) in [6, 6.07) is 7.25. The molecule has 4 rings (SSSR count). The number of para-hydroxylation sites is 2. The van der Waals surface area contributed by atoms with Crippen molar-refractivity contribution in [2.45, 2.75) is 26.9 Å². The fourth-order valence-electron chi connectivity index (χ4n) is 2.78. The average molecular weight is 365 g/mol. The molecule has 1 aliphatic rings. The lowest BCUT2D eigenvalue weighted by Crippen LogP contribution is -2.40. The van der Waals surface area contributed by atoms with Crippen molar-refractivity contribution in [1.82, 2.24) is 19.7 Å². The Kier molecular flexibility index (Phi) is 4.23. The molecular formula is C19H19N5O3. The molecule has 2 aromatic heterocycles. The van der Waals surface area contributed by atoms with Crippen LogP contribution < -0.4 is 14.8 Å². The van der Waals surface area contributed by atoms with Crippen LogP contribution in [0.2, 0.25) is 0 Å². The molecule has 1 amide bonds. The van der Waals surface area contributed by atoms with Crippen molar-refractivity contribution in [2.24, 2.45) is 0 Å². The number of ether oxygens (including phenoxy) is 2. The number of fused-ring (bicyclic) bond motifs is 1. The van der Waals surface area contributed by atoms with Crippen molar-refractivity contribution in [3.05, 3.63) is 53.6 Å². The van der Waals surface area contributed by atoms with Gasteiger partial charge >= 0.3 is 0 Å². The maximum Gasteiger partial charge on any atom is 0.269 e. The van der Waals surface area contributed by atoms with E-state index in [9.17, 15) is 4.79 Å². The van der Waals surface area contributed by atoms with Gasteiger partial charge in [-0.3, -0.25) is 4.79 Å². The molecule has 0 aliphatic carbocycles. The Morgan fingerprint density at radius 2 is 1.85 bits per heavy atom. The highest BCUT2D eigenvalue weighted by molar-refractivity contribution is 5.94. The highest BCUT2D eigenvalue weighted by Crippen LogP contribution is 2.31. The molecule has 0 saturated heterocycles. The van der Waals surface area contributed by atoms with Crippen molar-refractivity contribution in [3.8, 4) is 17.4 Å². The largest absolute Gasteiger partial charge is 0.485 e. The molecule has 1 N–H and O–H groups in total. The van der Waals surface area contributed by atoms with Crippen LogP contribution in [0, 0.1) is 20.8 Å². The highest BCUT2D eigenvalue weighted by Gasteiger charge is 2.27. The van der Waals surface area contributed by atoms with Gasteiger partial charge in [-0.1, -0.05) is 12.1 Å². The van der Waals surface area contributed by atoms with E-state index < -0.39 is 6.10 Å². The number of amides is 1. The molecule has 3 aromatic rings. The maximum atomic E-state index is 12.4. The SMILES string of the molecule is Cc1nn(-c2ncc(NC(=O)C3COc4ccccc4O3)cn2)c(C)c1C. The van der Waals surface area contributed by atoms with Crippen LogP contribution in [0.3, 0.4) is 0 Å². The van der Waals surface area contributed by atoms with Gasteiger partial charge in [0.05, 0.1) is 23.8 Å². The Labute approximate surface area is 156 Å². The van der Waals surface area contributed by atoms with E-state index in [4.69, 9.17) is 9.47 Å². The Morgan fingerprint density at radius 1 is 1.15 bits per heavy atom. The fourth-order valence-corrected chi connectivity index (χ4v) is 2.78. The average Bonchev–Trinajstić information content (AvgIpc) is 2.95. The molecular weight excluding hydrogens is 346 g/mol. The molecule has 1 atom stereocenters. The van der Waals surface area contributed by atoms with Crippen LogP contribution in [0.1, 0.15) is 17.0 Å². The van der Waals surface area contributed by atoms with Crippen LogP contribution >= 0.6 is 0 Å². The van der Waals surface area contributed by atoms with Gasteiger partial charge in [-0.2, -0.15) is 5.10 Å². The second-order valence-electron chi connectivity index (χ2n) is 6.33. The minimum atomic E-state index is -0.738. The first kappa shape index (κ1) is 17.0. The highest BCUT2D eigenvalue weighted by atomic mass is 16.6. The van der Waals surface area contributed by atoms with Gasteiger partial charge in [0.1, 0.15) is 6.61 Å². The van der Waals surface area contributed by atoms with Crippen molar-refractivity contribution in [3.63, 3.8) is 0 Å². The van der Waals surface area contributed by atoms with E-state index in [0.29, 0.717) is 23.1 Å². The molecule has 8 heteroatoms. The predicted molar refractivity (Wildman–Crippen MR) is 98.3 cm³/mol. The summed E-state index contributed by atoms with van der Waals surface area (Å²) in [6.45, 7) is 6.06. The molecule has 8 nitrogen and oxygen atoms in total. The summed E-state index contributed by atoms with van der Waals surface area (Å²) in [4.78, 5) is 21.0. The molecule has 27 heavy (non-hydrogen) atoms. The van der Waals surface area contributed by atoms with E-state index >= 15 is 0 Å². The summed E-state index contributed by atoms with van der Waals surface area (Å²) in [5.41, 5.74) is 3.49. The first-order chi connectivity index (χ1) is 13.0. The second-order valence-corrected chi connectivity index (χ2v) is 6.33. The molecule has 1 aliphatic heterocycles. The number of hydrogen-bond donors (Lipinski definition) is 1. The third kappa shape index (κ3) is 3.21. The standard InChI is InChI=1S/C19H19N5O3/c1-11-12(2)23-24(13(11)3)19-20-8-14(9-21-19)22-18(25)17-10-26-15-6-4-5-7-16(15)27-17/h4-9,17H,10H2,1-3H3,(H,22,25). The number of nitrogens with zero attached hydrogens (tertiary/aromatic N) is 4. The minimum absolute atomic E-state index is 0.146. The predicted octanol–water partition coefficient (Wildman–Crippen LogP) is 2.37. The zero-order chi connectivity index (χ0) is 19.0. The lowest BCUT2D eigenvalue weighted by Gasteiger charge is -2.25. The second kappa shape index (κ2) is 6.71. The van der Waals surface area contributed by atoms with E-state index in [0.717, 1.165) is 17.0 Å². The number of aromatic nitrogens is 4. The number of nitrogens with one attached hydrogen (secondary N) is 1. The van der Waals surface area contributed by atoms with Crippen LogP contribution in [0.4, 0.5) is 5.69 Å². The van der Waals surface area contributed by atoms with Gasteiger partial charge < -0.3 is 14.8 Å². The van der Waals surface area contributed by atoms with Crippen molar-refractivity contribution in [2.75, 3.05) is 11.9 Å². The Bertz CT molecular complexity index is 997. The fraction of sp³-hybridized carbons (Fsp3) is 0.263. The zero-order valence-corrected chi connectivity index (χ0v) is 15.3. The van der Waals surface area contributed by atoms with Crippen molar-refractivity contribution < 1.29 is 14.3 Å². The molecule has 1 unspecified atom stereocenters. The number of carbonyl (C=O) groups excluding carboxylic acids is 1. The summed E-state index contributed by atoms with van der Waals surface area (Å²) >= 11 is 0. The lowest BCUT2D eigenvalue weighted by atomic mass is 10.2. The molecule has 0 radical (unpaired) electrons. The number of anilines is 1. The van der Waals surface area contributed by atoms with Gasteiger partial charge in [0, 0.05) is 5.69 Å². The van der Waals surface area contributed by atoms with Gasteiger partial charge in [-0.05, 0) is 38.5 Å². The van der Waals surface area contributed by atoms with Gasteiger partial charge in [-0.15, -0.1) is 0 Å². The van der Waals surface area contributed by atoms with E-state index in [1.165, 1.54) is 0 Å². The summed E-state index contributed by atoms with van der Waals surface area (Å²) in [6.07, 6.45) is 2.35. The number of benzene rings is 1. The van der Waals surface area contributed by atoms with E-state index in [1.807, 2.05) is 32.9 Å². The number of rotatable bonds is 3. The normalized spacial score (nSPS) is 15.4. The first-order valence-corrected chi connectivity index (χ1v) is 8.57. The van der Waals surface area contributed by atoms with Gasteiger partial charge in [0.25, 0.3) is 11.9 Å². The van der Waals surface area contributed by atoms with Crippen LogP contribution in [0.15, 0.2) is 36.7 Å². The third-order valence-corrected chi connectivity index (χ3v) is 4.55. The molecule has 0 saturated carbocycles. The Morgan fingerprint density at radius 3 is 2.52 bits per heavy atom. The van der Waals surface area contributed by atoms with Crippen LogP contribution in [0.25, 0.3) is 5.95 Å². The van der Waals surface area contributed by atoms with E-state index in [1.54, 1.807) is 29.2 Å². The smallest absolute Gasteiger partial charge is 0.269 e.